The highest BCUT2D eigenvalue weighted by molar-refractivity contribution is 7.39. The van der Waals surface area contributed by atoms with Crippen molar-refractivity contribution in [3.8, 4) is 16.5 Å². The van der Waals surface area contributed by atoms with Gasteiger partial charge in [-0.05, 0) is 67.7 Å². The van der Waals surface area contributed by atoms with Gasteiger partial charge in [0, 0.05) is 37.4 Å². The molecule has 162 valence electrons. The molecule has 0 bridgehead atoms. The second-order valence-electron chi connectivity index (χ2n) is 8.97. The van der Waals surface area contributed by atoms with Crippen molar-refractivity contribution in [2.75, 3.05) is 11.9 Å². The summed E-state index contributed by atoms with van der Waals surface area (Å²) < 4.78 is 4.80. The van der Waals surface area contributed by atoms with Gasteiger partial charge in [-0.25, -0.2) is 4.79 Å². The molecule has 0 saturated carbocycles. The number of thiophene rings is 3. The fourth-order valence-corrected chi connectivity index (χ4v) is 8.55. The summed E-state index contributed by atoms with van der Waals surface area (Å²) >= 11 is 5.06. The normalized spacial score (nSPS) is 18.2. The lowest BCUT2D eigenvalue weighted by Gasteiger charge is -2.45. The standard InChI is InChI=1S/C25H22N2O2S3/c1-13-11-25(2,3)27(4)18-6-5-14(8-17(13)18)19-10-21-23(32-19)22-20(31-21)9-16(30-22)7-15(12-26)24(28)29/h5-10,13H,11H2,1-4H3,(H,28,29)/b15-7-. The molecule has 5 rings (SSSR count). The minimum Gasteiger partial charge on any atom is -0.477 e. The maximum atomic E-state index is 11.2. The molecule has 1 atom stereocenters. The molecule has 32 heavy (non-hydrogen) atoms. The van der Waals surface area contributed by atoms with Crippen molar-refractivity contribution < 1.29 is 9.90 Å². The van der Waals surface area contributed by atoms with Crippen molar-refractivity contribution in [2.45, 2.75) is 38.6 Å². The molecular weight excluding hydrogens is 456 g/mol. The smallest absolute Gasteiger partial charge is 0.346 e. The van der Waals surface area contributed by atoms with Crippen molar-refractivity contribution in [1.82, 2.24) is 0 Å². The summed E-state index contributed by atoms with van der Waals surface area (Å²) in [6, 6.07) is 12.8. The molecule has 1 aromatic carbocycles. The van der Waals surface area contributed by atoms with Crippen LogP contribution in [-0.2, 0) is 4.79 Å². The Morgan fingerprint density at radius 3 is 2.62 bits per heavy atom. The zero-order valence-electron chi connectivity index (χ0n) is 18.2. The molecule has 0 saturated heterocycles. The molecule has 1 unspecified atom stereocenters. The molecule has 0 radical (unpaired) electrons. The molecule has 1 aliphatic rings. The van der Waals surface area contributed by atoms with Crippen molar-refractivity contribution in [3.05, 3.63) is 46.3 Å². The Hall–Kier alpha value is -2.66. The number of carbonyl (C=O) groups is 1. The molecule has 3 aromatic heterocycles. The summed E-state index contributed by atoms with van der Waals surface area (Å²) in [6.45, 7) is 6.93. The van der Waals surface area contributed by atoms with Crippen molar-refractivity contribution >= 4 is 70.5 Å². The van der Waals surface area contributed by atoms with Gasteiger partial charge in [0.2, 0.25) is 0 Å². The second-order valence-corrected chi connectivity index (χ2v) is 12.2. The Balaban J connectivity index is 1.55. The quantitative estimate of drug-likeness (QED) is 0.244. The van der Waals surface area contributed by atoms with Crippen LogP contribution >= 0.6 is 34.0 Å². The number of anilines is 1. The van der Waals surface area contributed by atoms with E-state index in [1.54, 1.807) is 40.1 Å². The highest BCUT2D eigenvalue weighted by atomic mass is 32.1. The van der Waals surface area contributed by atoms with Crippen LogP contribution in [0.15, 0.2) is 35.9 Å². The van der Waals surface area contributed by atoms with E-state index >= 15 is 0 Å². The van der Waals surface area contributed by atoms with E-state index in [4.69, 9.17) is 10.4 Å². The van der Waals surface area contributed by atoms with Crippen LogP contribution in [0, 0.1) is 11.3 Å². The Morgan fingerprint density at radius 2 is 1.91 bits per heavy atom. The molecule has 7 heteroatoms. The number of nitriles is 1. The third-order valence-corrected chi connectivity index (χ3v) is 10.2. The van der Waals surface area contributed by atoms with E-state index in [-0.39, 0.29) is 11.1 Å². The Labute approximate surface area is 198 Å². The van der Waals surface area contributed by atoms with Crippen LogP contribution in [0.4, 0.5) is 5.69 Å². The number of benzene rings is 1. The minimum absolute atomic E-state index is 0.155. The van der Waals surface area contributed by atoms with Gasteiger partial charge >= 0.3 is 5.97 Å². The van der Waals surface area contributed by atoms with Gasteiger partial charge < -0.3 is 10.0 Å². The summed E-state index contributed by atoms with van der Waals surface area (Å²) in [4.78, 5) is 15.6. The largest absolute Gasteiger partial charge is 0.477 e. The highest BCUT2D eigenvalue weighted by Gasteiger charge is 2.34. The first-order valence-corrected chi connectivity index (χ1v) is 12.8. The molecule has 0 spiro atoms. The molecule has 0 amide bonds. The Bertz CT molecular complexity index is 1460. The molecular formula is C25H22N2O2S3. The number of fused-ring (bicyclic) bond motifs is 4. The van der Waals surface area contributed by atoms with Crippen LogP contribution in [0.25, 0.3) is 35.3 Å². The van der Waals surface area contributed by atoms with Gasteiger partial charge in [0.05, 0.1) is 9.40 Å². The molecule has 4 nitrogen and oxygen atoms in total. The van der Waals surface area contributed by atoms with Gasteiger partial charge in [0.25, 0.3) is 0 Å². The van der Waals surface area contributed by atoms with E-state index in [0.29, 0.717) is 5.92 Å². The number of hydrogen-bond donors (Lipinski definition) is 1. The fourth-order valence-electron chi connectivity index (χ4n) is 4.58. The second kappa shape index (κ2) is 7.45. The fraction of sp³-hybridized carbons (Fsp3) is 0.280. The summed E-state index contributed by atoms with van der Waals surface area (Å²) in [6.07, 6.45) is 2.59. The summed E-state index contributed by atoms with van der Waals surface area (Å²) in [5, 5.41) is 18.2. The van der Waals surface area contributed by atoms with E-state index in [9.17, 15) is 4.79 Å². The number of carboxylic acid groups (broad SMARTS) is 1. The predicted octanol–water partition coefficient (Wildman–Crippen LogP) is 7.56. The minimum atomic E-state index is -1.19. The van der Waals surface area contributed by atoms with Crippen LogP contribution < -0.4 is 4.90 Å². The lowest BCUT2D eigenvalue weighted by Crippen LogP contribution is -2.45. The van der Waals surface area contributed by atoms with Crippen LogP contribution in [-0.4, -0.2) is 23.7 Å². The number of aliphatic carboxylic acids is 1. The highest BCUT2D eigenvalue weighted by Crippen LogP contribution is 2.48. The Kier molecular flexibility index (Phi) is 4.93. The van der Waals surface area contributed by atoms with E-state index < -0.39 is 5.97 Å². The molecule has 0 aliphatic carbocycles. The first kappa shape index (κ1) is 21.2. The maximum Gasteiger partial charge on any atom is 0.346 e. The van der Waals surface area contributed by atoms with E-state index in [0.717, 1.165) is 16.0 Å². The van der Waals surface area contributed by atoms with Gasteiger partial charge in [0.1, 0.15) is 11.6 Å². The van der Waals surface area contributed by atoms with Crippen LogP contribution in [0.5, 0.6) is 0 Å². The first-order valence-electron chi connectivity index (χ1n) is 10.4. The molecule has 4 aromatic rings. The summed E-state index contributed by atoms with van der Waals surface area (Å²) in [5.41, 5.74) is 3.90. The Morgan fingerprint density at radius 1 is 1.19 bits per heavy atom. The van der Waals surface area contributed by atoms with Crippen molar-refractivity contribution in [1.29, 1.82) is 5.26 Å². The lowest BCUT2D eigenvalue weighted by atomic mass is 9.80. The average molecular weight is 479 g/mol. The maximum absolute atomic E-state index is 11.2. The molecule has 1 aliphatic heterocycles. The molecule has 1 N–H and O–H groups in total. The van der Waals surface area contributed by atoms with Crippen LogP contribution in [0.2, 0.25) is 0 Å². The monoisotopic (exact) mass is 478 g/mol. The van der Waals surface area contributed by atoms with Gasteiger partial charge in [0.15, 0.2) is 0 Å². The third-order valence-electron chi connectivity index (χ3n) is 6.40. The summed E-state index contributed by atoms with van der Waals surface area (Å²) in [5.74, 6) is -0.678. The summed E-state index contributed by atoms with van der Waals surface area (Å²) in [7, 11) is 2.19. The van der Waals surface area contributed by atoms with Gasteiger partial charge in [-0.1, -0.05) is 13.0 Å². The molecule has 0 fully saturated rings. The van der Waals surface area contributed by atoms with Crippen LogP contribution in [0.3, 0.4) is 0 Å². The van der Waals surface area contributed by atoms with Crippen LogP contribution in [0.1, 0.15) is 43.6 Å². The van der Waals surface area contributed by atoms with E-state index in [1.807, 2.05) is 6.07 Å². The van der Waals surface area contributed by atoms with Crippen molar-refractivity contribution in [2.24, 2.45) is 0 Å². The number of rotatable bonds is 3. The zero-order valence-corrected chi connectivity index (χ0v) is 20.7. The number of nitrogens with zero attached hydrogens (tertiary/aromatic N) is 2. The van der Waals surface area contributed by atoms with Gasteiger partial charge in [-0.15, -0.1) is 34.0 Å². The zero-order chi connectivity index (χ0) is 22.8. The number of hydrogen-bond acceptors (Lipinski definition) is 6. The first-order chi connectivity index (χ1) is 15.2. The SMILES string of the molecule is CC1CC(C)(C)N(C)c2ccc(-c3cc4sc5cc(/C=C(/C#N)C(=O)O)sc5c4s3)cc21. The van der Waals surface area contributed by atoms with E-state index in [2.05, 4.69) is 57.0 Å². The van der Waals surface area contributed by atoms with Gasteiger partial charge in [-0.3, -0.25) is 0 Å². The predicted molar refractivity (Wildman–Crippen MR) is 137 cm³/mol. The van der Waals surface area contributed by atoms with Crippen molar-refractivity contribution in [3.63, 3.8) is 0 Å². The van der Waals surface area contributed by atoms with E-state index in [1.165, 1.54) is 41.9 Å². The number of carboxylic acids is 1. The average Bonchev–Trinajstić information content (AvgIpc) is 3.40. The van der Waals surface area contributed by atoms with Gasteiger partial charge in [-0.2, -0.15) is 5.26 Å². The topological polar surface area (TPSA) is 64.3 Å². The molecule has 4 heterocycles. The lowest BCUT2D eigenvalue weighted by molar-refractivity contribution is -0.132. The third kappa shape index (κ3) is 3.34.